The third-order valence-electron chi connectivity index (χ3n) is 4.76. The topological polar surface area (TPSA) is 47.6 Å². The van der Waals surface area contributed by atoms with Gasteiger partial charge in [-0.2, -0.15) is 0 Å². The van der Waals surface area contributed by atoms with E-state index in [1.165, 1.54) is 5.56 Å². The second kappa shape index (κ2) is 9.28. The van der Waals surface area contributed by atoms with Crippen LogP contribution in [0.4, 0.5) is 5.69 Å². The lowest BCUT2D eigenvalue weighted by molar-refractivity contribution is 0.102. The van der Waals surface area contributed by atoms with Crippen molar-refractivity contribution >= 4 is 11.6 Å². The molecule has 0 saturated carbocycles. The summed E-state index contributed by atoms with van der Waals surface area (Å²) in [7, 11) is 1.61. The molecule has 0 atom stereocenters. The molecule has 29 heavy (non-hydrogen) atoms. The van der Waals surface area contributed by atoms with E-state index in [2.05, 4.69) is 19.2 Å². The van der Waals surface area contributed by atoms with Crippen LogP contribution in [0.2, 0.25) is 0 Å². The fraction of sp³-hybridized carbons (Fsp3) is 0.240. The lowest BCUT2D eigenvalue weighted by Gasteiger charge is -2.13. The Kier molecular flexibility index (Phi) is 6.55. The average molecular weight is 389 g/mol. The van der Waals surface area contributed by atoms with E-state index in [9.17, 15) is 4.79 Å². The first-order valence-electron chi connectivity index (χ1n) is 9.74. The van der Waals surface area contributed by atoms with Crippen molar-refractivity contribution in [1.82, 2.24) is 0 Å². The van der Waals surface area contributed by atoms with Gasteiger partial charge in [0.25, 0.3) is 5.91 Å². The molecule has 1 amide bonds. The molecular weight excluding hydrogens is 362 g/mol. The van der Waals surface area contributed by atoms with Crippen molar-refractivity contribution in [1.29, 1.82) is 0 Å². The zero-order valence-electron chi connectivity index (χ0n) is 17.4. The average Bonchev–Trinajstić information content (AvgIpc) is 2.72. The van der Waals surface area contributed by atoms with Gasteiger partial charge in [0.1, 0.15) is 18.1 Å². The lowest BCUT2D eigenvalue weighted by atomic mass is 10.0. The third-order valence-corrected chi connectivity index (χ3v) is 4.76. The number of aryl methyl sites for hydroxylation is 1. The van der Waals surface area contributed by atoms with E-state index in [1.807, 2.05) is 61.5 Å². The molecule has 0 heterocycles. The molecule has 1 N–H and O–H groups in total. The monoisotopic (exact) mass is 389 g/mol. The molecule has 3 aromatic rings. The summed E-state index contributed by atoms with van der Waals surface area (Å²) < 4.78 is 11.3. The number of hydrogen-bond acceptors (Lipinski definition) is 3. The maximum Gasteiger partial charge on any atom is 0.255 e. The number of anilines is 1. The van der Waals surface area contributed by atoms with Crippen molar-refractivity contribution in [2.75, 3.05) is 12.4 Å². The van der Waals surface area contributed by atoms with Gasteiger partial charge >= 0.3 is 0 Å². The predicted molar refractivity (Wildman–Crippen MR) is 117 cm³/mol. The number of carbonyl (C=O) groups is 1. The number of carbonyl (C=O) groups excluding carboxylic acids is 1. The number of ether oxygens (including phenoxy) is 2. The zero-order chi connectivity index (χ0) is 20.8. The van der Waals surface area contributed by atoms with E-state index in [4.69, 9.17) is 9.47 Å². The summed E-state index contributed by atoms with van der Waals surface area (Å²) in [6.07, 6.45) is 0. The highest BCUT2D eigenvalue weighted by Crippen LogP contribution is 2.24. The number of nitrogens with one attached hydrogen (secondary N) is 1. The molecule has 0 unspecified atom stereocenters. The first-order valence-corrected chi connectivity index (χ1v) is 9.74. The van der Waals surface area contributed by atoms with Gasteiger partial charge in [0, 0.05) is 16.8 Å². The Morgan fingerprint density at radius 3 is 2.41 bits per heavy atom. The Labute approximate surface area is 172 Å². The summed E-state index contributed by atoms with van der Waals surface area (Å²) in [6.45, 7) is 6.62. The van der Waals surface area contributed by atoms with Crippen LogP contribution < -0.4 is 14.8 Å². The number of hydrogen-bond donors (Lipinski definition) is 1. The quantitative estimate of drug-likeness (QED) is 0.542. The third kappa shape index (κ3) is 5.38. The Morgan fingerprint density at radius 1 is 1.00 bits per heavy atom. The van der Waals surface area contributed by atoms with E-state index in [-0.39, 0.29) is 5.91 Å². The molecule has 0 fully saturated rings. The van der Waals surface area contributed by atoms with Gasteiger partial charge in [-0.25, -0.2) is 0 Å². The highest BCUT2D eigenvalue weighted by molar-refractivity contribution is 6.04. The number of benzene rings is 3. The molecule has 0 aliphatic heterocycles. The van der Waals surface area contributed by atoms with Gasteiger partial charge in [0.2, 0.25) is 0 Å². The minimum atomic E-state index is -0.165. The van der Waals surface area contributed by atoms with Gasteiger partial charge in [-0.3, -0.25) is 4.79 Å². The largest absolute Gasteiger partial charge is 0.496 e. The molecule has 0 aliphatic rings. The fourth-order valence-electron chi connectivity index (χ4n) is 3.05. The predicted octanol–water partition coefficient (Wildman–Crippen LogP) is 5.96. The molecule has 150 valence electrons. The molecule has 4 nitrogen and oxygen atoms in total. The maximum atomic E-state index is 12.7. The van der Waals surface area contributed by atoms with Crippen molar-refractivity contribution in [3.05, 3.63) is 89.0 Å². The van der Waals surface area contributed by atoms with Crippen LogP contribution in [0.25, 0.3) is 0 Å². The standard InChI is InChI=1S/C25H27NO3/c1-17(2)19-8-11-22(12-9-19)26-25(27)20-10-13-24(28-4)21(15-20)16-29-23-7-5-6-18(3)14-23/h5-15,17H,16H2,1-4H3,(H,26,27). The van der Waals surface area contributed by atoms with Crippen LogP contribution >= 0.6 is 0 Å². The van der Waals surface area contributed by atoms with Crippen LogP contribution in [0, 0.1) is 6.92 Å². The van der Waals surface area contributed by atoms with Crippen LogP contribution in [-0.4, -0.2) is 13.0 Å². The van der Waals surface area contributed by atoms with E-state index >= 15 is 0 Å². The summed E-state index contributed by atoms with van der Waals surface area (Å²) >= 11 is 0. The van der Waals surface area contributed by atoms with E-state index in [0.29, 0.717) is 23.8 Å². The molecule has 4 heteroatoms. The smallest absolute Gasteiger partial charge is 0.255 e. The Hall–Kier alpha value is -3.27. The Bertz CT molecular complexity index is 978. The lowest BCUT2D eigenvalue weighted by Crippen LogP contribution is -2.13. The van der Waals surface area contributed by atoms with Crippen LogP contribution in [0.5, 0.6) is 11.5 Å². The van der Waals surface area contributed by atoms with Gasteiger partial charge in [0.05, 0.1) is 7.11 Å². The van der Waals surface area contributed by atoms with Gasteiger partial charge in [-0.15, -0.1) is 0 Å². The van der Waals surface area contributed by atoms with E-state index in [0.717, 1.165) is 22.6 Å². The fourth-order valence-corrected chi connectivity index (χ4v) is 3.05. The molecule has 0 aliphatic carbocycles. The molecule has 3 rings (SSSR count). The molecule has 0 aromatic heterocycles. The normalized spacial score (nSPS) is 10.7. The summed E-state index contributed by atoms with van der Waals surface area (Å²) in [5.74, 6) is 1.77. The molecule has 0 spiro atoms. The number of amides is 1. The first-order chi connectivity index (χ1) is 14.0. The zero-order valence-corrected chi connectivity index (χ0v) is 17.4. The maximum absolute atomic E-state index is 12.7. The number of rotatable bonds is 7. The highest BCUT2D eigenvalue weighted by atomic mass is 16.5. The van der Waals surface area contributed by atoms with Gasteiger partial charge in [-0.1, -0.05) is 38.1 Å². The second-order valence-electron chi connectivity index (χ2n) is 7.36. The van der Waals surface area contributed by atoms with E-state index < -0.39 is 0 Å². The summed E-state index contributed by atoms with van der Waals surface area (Å²) in [5.41, 5.74) is 4.51. The Balaban J connectivity index is 1.73. The molecule has 0 bridgehead atoms. The van der Waals surface area contributed by atoms with Crippen molar-refractivity contribution in [2.24, 2.45) is 0 Å². The van der Waals surface area contributed by atoms with Gasteiger partial charge in [0.15, 0.2) is 0 Å². The summed E-state index contributed by atoms with van der Waals surface area (Å²) in [5, 5.41) is 2.95. The molecule has 0 radical (unpaired) electrons. The summed E-state index contributed by atoms with van der Waals surface area (Å²) in [6, 6.07) is 21.2. The van der Waals surface area contributed by atoms with Crippen LogP contribution in [0.3, 0.4) is 0 Å². The van der Waals surface area contributed by atoms with Crippen LogP contribution in [-0.2, 0) is 6.61 Å². The van der Waals surface area contributed by atoms with Crippen LogP contribution in [0.15, 0.2) is 66.7 Å². The first kappa shape index (κ1) is 20.5. The van der Waals surface area contributed by atoms with Crippen molar-refractivity contribution in [3.63, 3.8) is 0 Å². The van der Waals surface area contributed by atoms with Crippen molar-refractivity contribution in [2.45, 2.75) is 33.3 Å². The van der Waals surface area contributed by atoms with Gasteiger partial charge < -0.3 is 14.8 Å². The van der Waals surface area contributed by atoms with Crippen LogP contribution in [0.1, 0.15) is 46.8 Å². The molecule has 0 saturated heterocycles. The Morgan fingerprint density at radius 2 is 1.76 bits per heavy atom. The minimum Gasteiger partial charge on any atom is -0.496 e. The highest BCUT2D eigenvalue weighted by Gasteiger charge is 2.12. The second-order valence-corrected chi connectivity index (χ2v) is 7.36. The summed E-state index contributed by atoms with van der Waals surface area (Å²) in [4.78, 5) is 12.7. The molecule has 3 aromatic carbocycles. The van der Waals surface area contributed by atoms with Gasteiger partial charge in [-0.05, 0) is 66.4 Å². The van der Waals surface area contributed by atoms with Crippen molar-refractivity contribution in [3.8, 4) is 11.5 Å². The van der Waals surface area contributed by atoms with Crippen molar-refractivity contribution < 1.29 is 14.3 Å². The molecular formula is C25H27NO3. The number of methoxy groups -OCH3 is 1. The SMILES string of the molecule is COc1ccc(C(=O)Nc2ccc(C(C)C)cc2)cc1COc1cccc(C)c1. The van der Waals surface area contributed by atoms with E-state index in [1.54, 1.807) is 19.2 Å². The minimum absolute atomic E-state index is 0.165.